The molecule has 0 aliphatic carbocycles. The van der Waals surface area contributed by atoms with Gasteiger partial charge in [-0.3, -0.25) is 4.79 Å². The molecule has 0 aliphatic rings. The standard InChI is InChI=1S/C13H21ClN4O2/c1-15-12-9-10(8-11(14)17-12)13(19)16-4-6-20-7-5-18(2)3/h8-9H,4-7H2,1-3H3,(H,15,17)(H,16,19). The molecule has 0 saturated heterocycles. The van der Waals surface area contributed by atoms with E-state index in [0.717, 1.165) is 6.54 Å². The Morgan fingerprint density at radius 2 is 2.15 bits per heavy atom. The number of likely N-dealkylation sites (N-methyl/N-ethyl adjacent to an activating group) is 1. The maximum absolute atomic E-state index is 11.9. The molecule has 0 radical (unpaired) electrons. The summed E-state index contributed by atoms with van der Waals surface area (Å²) in [5.74, 6) is 0.367. The minimum absolute atomic E-state index is 0.193. The van der Waals surface area contributed by atoms with Crippen LogP contribution in [-0.2, 0) is 4.74 Å². The van der Waals surface area contributed by atoms with Crippen LogP contribution in [0.2, 0.25) is 5.15 Å². The summed E-state index contributed by atoms with van der Waals surface area (Å²) < 4.78 is 5.39. The van der Waals surface area contributed by atoms with Gasteiger partial charge in [0.1, 0.15) is 11.0 Å². The lowest BCUT2D eigenvalue weighted by Crippen LogP contribution is -2.28. The number of nitrogens with one attached hydrogen (secondary N) is 2. The van der Waals surface area contributed by atoms with Gasteiger partial charge in [-0.15, -0.1) is 0 Å². The smallest absolute Gasteiger partial charge is 0.251 e. The molecular formula is C13H21ClN4O2. The monoisotopic (exact) mass is 300 g/mol. The summed E-state index contributed by atoms with van der Waals surface area (Å²) in [7, 11) is 5.69. The van der Waals surface area contributed by atoms with Crippen LogP contribution in [0.3, 0.4) is 0 Å². The van der Waals surface area contributed by atoms with E-state index < -0.39 is 0 Å². The zero-order valence-corrected chi connectivity index (χ0v) is 12.8. The largest absolute Gasteiger partial charge is 0.378 e. The average Bonchev–Trinajstić information content (AvgIpc) is 2.41. The van der Waals surface area contributed by atoms with Crippen molar-refractivity contribution in [1.82, 2.24) is 15.2 Å². The number of carbonyl (C=O) groups is 1. The fourth-order valence-electron chi connectivity index (χ4n) is 1.44. The van der Waals surface area contributed by atoms with Crippen molar-refractivity contribution in [3.8, 4) is 0 Å². The number of carbonyl (C=O) groups excluding carboxylic acids is 1. The number of nitrogens with zero attached hydrogens (tertiary/aromatic N) is 2. The summed E-state index contributed by atoms with van der Waals surface area (Å²) in [6.45, 7) is 2.45. The maximum Gasteiger partial charge on any atom is 0.251 e. The van der Waals surface area contributed by atoms with E-state index in [0.29, 0.717) is 31.1 Å². The second-order valence-electron chi connectivity index (χ2n) is 4.49. The molecule has 0 unspecified atom stereocenters. The van der Waals surface area contributed by atoms with Gasteiger partial charge in [-0.1, -0.05) is 11.6 Å². The first-order chi connectivity index (χ1) is 9.52. The Hall–Kier alpha value is -1.37. The molecule has 0 spiro atoms. The first kappa shape index (κ1) is 16.7. The van der Waals surface area contributed by atoms with Crippen molar-refractivity contribution < 1.29 is 9.53 Å². The third-order valence-electron chi connectivity index (χ3n) is 2.53. The molecule has 20 heavy (non-hydrogen) atoms. The lowest BCUT2D eigenvalue weighted by molar-refractivity contribution is 0.0900. The van der Waals surface area contributed by atoms with Crippen molar-refractivity contribution in [2.75, 3.05) is 52.8 Å². The molecule has 7 heteroatoms. The van der Waals surface area contributed by atoms with E-state index in [9.17, 15) is 4.79 Å². The third kappa shape index (κ3) is 6.18. The summed E-state index contributed by atoms with van der Waals surface area (Å²) in [4.78, 5) is 18.0. The number of pyridine rings is 1. The van der Waals surface area contributed by atoms with Crippen LogP contribution in [0.25, 0.3) is 0 Å². The van der Waals surface area contributed by atoms with Gasteiger partial charge in [0, 0.05) is 25.7 Å². The number of hydrogen-bond donors (Lipinski definition) is 2. The lowest BCUT2D eigenvalue weighted by Gasteiger charge is -2.10. The number of amides is 1. The Bertz CT molecular complexity index is 440. The van der Waals surface area contributed by atoms with Gasteiger partial charge in [-0.2, -0.15) is 0 Å². The number of hydrogen-bond acceptors (Lipinski definition) is 5. The van der Waals surface area contributed by atoms with Crippen molar-refractivity contribution in [2.24, 2.45) is 0 Å². The second kappa shape index (κ2) is 8.73. The summed E-state index contributed by atoms with van der Waals surface area (Å²) in [5, 5.41) is 5.91. The van der Waals surface area contributed by atoms with Crippen LogP contribution < -0.4 is 10.6 Å². The zero-order chi connectivity index (χ0) is 15.0. The van der Waals surface area contributed by atoms with Crippen LogP contribution in [0.1, 0.15) is 10.4 Å². The van der Waals surface area contributed by atoms with Crippen molar-refractivity contribution in [1.29, 1.82) is 0 Å². The summed E-state index contributed by atoms with van der Waals surface area (Å²) in [6, 6.07) is 3.18. The molecule has 0 bridgehead atoms. The van der Waals surface area contributed by atoms with E-state index in [1.807, 2.05) is 19.0 Å². The molecular weight excluding hydrogens is 280 g/mol. The van der Waals surface area contributed by atoms with Crippen LogP contribution in [0.15, 0.2) is 12.1 Å². The van der Waals surface area contributed by atoms with E-state index in [4.69, 9.17) is 16.3 Å². The van der Waals surface area contributed by atoms with Gasteiger partial charge >= 0.3 is 0 Å². The summed E-state index contributed by atoms with van der Waals surface area (Å²) in [5.41, 5.74) is 0.475. The molecule has 0 aliphatic heterocycles. The molecule has 2 N–H and O–H groups in total. The molecule has 0 saturated carbocycles. The van der Waals surface area contributed by atoms with E-state index in [1.54, 1.807) is 13.1 Å². The predicted octanol–water partition coefficient (Wildman–Crippen LogP) is 1.08. The first-order valence-electron chi connectivity index (χ1n) is 6.39. The van der Waals surface area contributed by atoms with Gasteiger partial charge in [-0.05, 0) is 26.2 Å². The first-order valence-corrected chi connectivity index (χ1v) is 6.76. The van der Waals surface area contributed by atoms with Crippen LogP contribution in [0, 0.1) is 0 Å². The molecule has 0 atom stereocenters. The van der Waals surface area contributed by atoms with Gasteiger partial charge in [0.05, 0.1) is 13.2 Å². The number of ether oxygens (including phenoxy) is 1. The summed E-state index contributed by atoms with van der Waals surface area (Å²) >= 11 is 5.84. The summed E-state index contributed by atoms with van der Waals surface area (Å²) in [6.07, 6.45) is 0. The fourth-order valence-corrected chi connectivity index (χ4v) is 1.65. The average molecular weight is 301 g/mol. The van der Waals surface area contributed by atoms with Gasteiger partial charge in [0.15, 0.2) is 0 Å². The predicted molar refractivity (Wildman–Crippen MR) is 80.5 cm³/mol. The highest BCUT2D eigenvalue weighted by Crippen LogP contribution is 2.13. The number of aromatic nitrogens is 1. The number of anilines is 1. The van der Waals surface area contributed by atoms with Crippen LogP contribution in [-0.4, -0.2) is 63.2 Å². The van der Waals surface area contributed by atoms with Crippen molar-refractivity contribution in [3.63, 3.8) is 0 Å². The van der Waals surface area contributed by atoms with E-state index in [2.05, 4.69) is 15.6 Å². The van der Waals surface area contributed by atoms with Crippen molar-refractivity contribution in [3.05, 3.63) is 22.8 Å². The normalized spacial score (nSPS) is 10.7. The second-order valence-corrected chi connectivity index (χ2v) is 4.87. The van der Waals surface area contributed by atoms with E-state index >= 15 is 0 Å². The van der Waals surface area contributed by atoms with E-state index in [-0.39, 0.29) is 11.1 Å². The molecule has 1 heterocycles. The van der Waals surface area contributed by atoms with Gasteiger partial charge < -0.3 is 20.3 Å². The van der Waals surface area contributed by atoms with Gasteiger partial charge in [0.25, 0.3) is 5.91 Å². The fraction of sp³-hybridized carbons (Fsp3) is 0.538. The Labute approximate surface area is 124 Å². The highest BCUT2D eigenvalue weighted by molar-refractivity contribution is 6.29. The van der Waals surface area contributed by atoms with E-state index in [1.165, 1.54) is 6.07 Å². The molecule has 0 fully saturated rings. The Balaban J connectivity index is 2.34. The van der Waals surface area contributed by atoms with Crippen LogP contribution in [0.5, 0.6) is 0 Å². The highest BCUT2D eigenvalue weighted by atomic mass is 35.5. The molecule has 1 rings (SSSR count). The topological polar surface area (TPSA) is 66.5 Å². The van der Waals surface area contributed by atoms with Crippen LogP contribution in [0.4, 0.5) is 5.82 Å². The molecule has 1 amide bonds. The maximum atomic E-state index is 11.9. The molecule has 1 aromatic heterocycles. The Kier molecular flexibility index (Phi) is 7.28. The number of rotatable bonds is 8. The quantitative estimate of drug-likeness (QED) is 0.556. The minimum atomic E-state index is -0.193. The Morgan fingerprint density at radius 1 is 1.40 bits per heavy atom. The third-order valence-corrected chi connectivity index (χ3v) is 2.72. The highest BCUT2D eigenvalue weighted by Gasteiger charge is 2.08. The molecule has 6 nitrogen and oxygen atoms in total. The lowest BCUT2D eigenvalue weighted by atomic mass is 10.2. The molecule has 112 valence electrons. The minimum Gasteiger partial charge on any atom is -0.378 e. The van der Waals surface area contributed by atoms with Gasteiger partial charge in [-0.25, -0.2) is 4.98 Å². The SMILES string of the molecule is CNc1cc(C(=O)NCCOCCN(C)C)cc(Cl)n1. The van der Waals surface area contributed by atoms with Crippen LogP contribution >= 0.6 is 11.6 Å². The number of halogens is 1. The Morgan fingerprint density at radius 3 is 2.80 bits per heavy atom. The molecule has 1 aromatic rings. The van der Waals surface area contributed by atoms with Gasteiger partial charge in [0.2, 0.25) is 0 Å². The van der Waals surface area contributed by atoms with Crippen molar-refractivity contribution in [2.45, 2.75) is 0 Å². The van der Waals surface area contributed by atoms with Crippen molar-refractivity contribution >= 4 is 23.3 Å². The molecule has 0 aromatic carbocycles. The zero-order valence-electron chi connectivity index (χ0n) is 12.1.